The molecule has 0 bridgehead atoms. The molecule has 1 fully saturated rings. The van der Waals surface area contributed by atoms with Crippen LogP contribution < -0.4 is 5.32 Å². The van der Waals surface area contributed by atoms with E-state index in [9.17, 15) is 0 Å². The van der Waals surface area contributed by atoms with Crippen molar-refractivity contribution in [3.8, 4) is 0 Å². The Morgan fingerprint density at radius 2 is 1.70 bits per heavy atom. The zero-order chi connectivity index (χ0) is 16.3. The van der Waals surface area contributed by atoms with Crippen LogP contribution in [0.5, 0.6) is 0 Å². The van der Waals surface area contributed by atoms with Crippen LogP contribution in [0.4, 0.5) is 0 Å². The normalized spacial score (nSPS) is 17.9. The lowest BCUT2D eigenvalue weighted by Gasteiger charge is -2.35. The Kier molecular flexibility index (Phi) is 4.79. The summed E-state index contributed by atoms with van der Waals surface area (Å²) in [6.07, 6.45) is 1.90. The van der Waals surface area contributed by atoms with E-state index in [0.29, 0.717) is 0 Å². The molecule has 0 radical (unpaired) electrons. The molecule has 1 N–H and O–H groups in total. The third-order valence-electron chi connectivity index (χ3n) is 4.58. The molecular formula is C20H27N3. The summed E-state index contributed by atoms with van der Waals surface area (Å²) in [5.41, 5.74) is 4.03. The number of hydrogen-bond acceptors (Lipinski definition) is 3. The molecule has 1 atom stereocenters. The van der Waals surface area contributed by atoms with Gasteiger partial charge in [0.25, 0.3) is 0 Å². The molecule has 1 aromatic carbocycles. The molecule has 1 aliphatic rings. The van der Waals surface area contributed by atoms with Crippen molar-refractivity contribution in [2.75, 3.05) is 26.2 Å². The first-order valence-electron chi connectivity index (χ1n) is 8.52. The minimum atomic E-state index is 0.189. The van der Waals surface area contributed by atoms with Gasteiger partial charge in [-0.2, -0.15) is 0 Å². The topological polar surface area (TPSA) is 28.2 Å². The number of aromatic nitrogens is 1. The second kappa shape index (κ2) is 6.81. The number of benzene rings is 1. The summed E-state index contributed by atoms with van der Waals surface area (Å²) in [5.74, 6) is 0. The van der Waals surface area contributed by atoms with E-state index in [1.54, 1.807) is 0 Å². The highest BCUT2D eigenvalue weighted by Gasteiger charge is 2.25. The quantitative estimate of drug-likeness (QED) is 0.942. The predicted molar refractivity (Wildman–Crippen MR) is 95.7 cm³/mol. The lowest BCUT2D eigenvalue weighted by Crippen LogP contribution is -2.45. The molecule has 2 heterocycles. The third-order valence-corrected chi connectivity index (χ3v) is 4.58. The van der Waals surface area contributed by atoms with Crippen LogP contribution in [0.2, 0.25) is 0 Å². The molecule has 0 amide bonds. The van der Waals surface area contributed by atoms with Gasteiger partial charge in [-0.3, -0.25) is 9.88 Å². The van der Waals surface area contributed by atoms with E-state index in [-0.39, 0.29) is 11.5 Å². The minimum Gasteiger partial charge on any atom is -0.314 e. The van der Waals surface area contributed by atoms with Gasteiger partial charge >= 0.3 is 0 Å². The highest BCUT2D eigenvalue weighted by Crippen LogP contribution is 2.30. The first-order valence-corrected chi connectivity index (χ1v) is 8.52. The Labute approximate surface area is 139 Å². The fourth-order valence-electron chi connectivity index (χ4n) is 3.21. The maximum atomic E-state index is 4.64. The van der Waals surface area contributed by atoms with E-state index in [1.165, 1.54) is 11.1 Å². The summed E-state index contributed by atoms with van der Waals surface area (Å²) in [7, 11) is 0. The smallest absolute Gasteiger partial charge is 0.0777 e. The first-order chi connectivity index (χ1) is 11.1. The standard InChI is InChI=1S/C20H27N3/c1-20(2,3)17-9-7-16(8-10-17)19(18-6-4-5-11-22-18)23-14-12-21-13-15-23/h4-11,19,21H,12-15H2,1-3H3. The van der Waals surface area contributed by atoms with Gasteiger partial charge in [0, 0.05) is 32.4 Å². The summed E-state index contributed by atoms with van der Waals surface area (Å²) < 4.78 is 0. The van der Waals surface area contributed by atoms with Gasteiger partial charge in [0.05, 0.1) is 11.7 Å². The monoisotopic (exact) mass is 309 g/mol. The van der Waals surface area contributed by atoms with Crippen molar-refractivity contribution in [3.05, 3.63) is 65.5 Å². The SMILES string of the molecule is CC(C)(C)c1ccc(C(c2ccccn2)N2CCNCC2)cc1. The second-order valence-electron chi connectivity index (χ2n) is 7.32. The zero-order valence-corrected chi connectivity index (χ0v) is 14.4. The molecule has 1 unspecified atom stereocenters. The molecule has 0 spiro atoms. The summed E-state index contributed by atoms with van der Waals surface area (Å²) in [6, 6.07) is 15.6. The highest BCUT2D eigenvalue weighted by molar-refractivity contribution is 5.33. The molecule has 1 aromatic heterocycles. The summed E-state index contributed by atoms with van der Waals surface area (Å²) in [4.78, 5) is 7.17. The van der Waals surface area contributed by atoms with Crippen LogP contribution in [0, 0.1) is 0 Å². The maximum absolute atomic E-state index is 4.64. The highest BCUT2D eigenvalue weighted by atomic mass is 15.2. The van der Waals surface area contributed by atoms with Gasteiger partial charge in [-0.1, -0.05) is 51.1 Å². The predicted octanol–water partition coefficient (Wildman–Crippen LogP) is 3.37. The summed E-state index contributed by atoms with van der Waals surface area (Å²) in [6.45, 7) is 11.0. The van der Waals surface area contributed by atoms with Crippen molar-refractivity contribution >= 4 is 0 Å². The molecule has 1 aliphatic heterocycles. The van der Waals surface area contributed by atoms with Gasteiger partial charge in [-0.05, 0) is 28.7 Å². The molecule has 0 saturated carbocycles. The summed E-state index contributed by atoms with van der Waals surface area (Å²) >= 11 is 0. The van der Waals surface area contributed by atoms with Crippen molar-refractivity contribution < 1.29 is 0 Å². The molecule has 3 rings (SSSR count). The molecule has 3 nitrogen and oxygen atoms in total. The summed E-state index contributed by atoms with van der Waals surface area (Å²) in [5, 5.41) is 3.44. The van der Waals surface area contributed by atoms with Crippen LogP contribution in [0.25, 0.3) is 0 Å². The molecular weight excluding hydrogens is 282 g/mol. The van der Waals surface area contributed by atoms with Gasteiger partial charge in [-0.25, -0.2) is 0 Å². The van der Waals surface area contributed by atoms with Crippen molar-refractivity contribution in [3.63, 3.8) is 0 Å². The molecule has 122 valence electrons. The number of pyridine rings is 1. The van der Waals surface area contributed by atoms with E-state index in [2.05, 4.69) is 72.4 Å². The minimum absolute atomic E-state index is 0.189. The van der Waals surface area contributed by atoms with Crippen molar-refractivity contribution in [2.24, 2.45) is 0 Å². The lowest BCUT2D eigenvalue weighted by atomic mass is 9.86. The fourth-order valence-corrected chi connectivity index (χ4v) is 3.21. The Hall–Kier alpha value is -1.71. The molecule has 2 aromatic rings. The second-order valence-corrected chi connectivity index (χ2v) is 7.32. The van der Waals surface area contributed by atoms with Gasteiger partial charge in [0.1, 0.15) is 0 Å². The molecule has 0 aliphatic carbocycles. The van der Waals surface area contributed by atoms with E-state index in [0.717, 1.165) is 31.9 Å². The van der Waals surface area contributed by atoms with E-state index in [1.807, 2.05) is 12.3 Å². The maximum Gasteiger partial charge on any atom is 0.0777 e. The Bertz CT molecular complexity index is 608. The number of nitrogens with one attached hydrogen (secondary N) is 1. The zero-order valence-electron chi connectivity index (χ0n) is 14.4. The molecule has 3 heteroatoms. The van der Waals surface area contributed by atoms with Crippen LogP contribution in [0.15, 0.2) is 48.7 Å². The van der Waals surface area contributed by atoms with Crippen molar-refractivity contribution in [1.29, 1.82) is 0 Å². The van der Waals surface area contributed by atoms with E-state index < -0.39 is 0 Å². The van der Waals surface area contributed by atoms with E-state index in [4.69, 9.17) is 0 Å². The Morgan fingerprint density at radius 3 is 2.26 bits per heavy atom. The molecule has 1 saturated heterocycles. The number of piperazine rings is 1. The van der Waals surface area contributed by atoms with Crippen LogP contribution in [0.3, 0.4) is 0 Å². The first kappa shape index (κ1) is 16.2. The largest absolute Gasteiger partial charge is 0.314 e. The van der Waals surface area contributed by atoms with Crippen molar-refractivity contribution in [2.45, 2.75) is 32.2 Å². The average Bonchev–Trinajstić information content (AvgIpc) is 2.57. The Balaban J connectivity index is 1.94. The lowest BCUT2D eigenvalue weighted by molar-refractivity contribution is 0.195. The van der Waals surface area contributed by atoms with Gasteiger partial charge in [-0.15, -0.1) is 0 Å². The van der Waals surface area contributed by atoms with Gasteiger partial charge in [0.15, 0.2) is 0 Å². The van der Waals surface area contributed by atoms with Gasteiger partial charge < -0.3 is 5.32 Å². The fraction of sp³-hybridized carbons (Fsp3) is 0.450. The third kappa shape index (κ3) is 3.80. The van der Waals surface area contributed by atoms with Crippen LogP contribution in [-0.4, -0.2) is 36.1 Å². The number of rotatable bonds is 3. The van der Waals surface area contributed by atoms with Gasteiger partial charge in [0.2, 0.25) is 0 Å². The number of nitrogens with zero attached hydrogens (tertiary/aromatic N) is 2. The average molecular weight is 309 g/mol. The van der Waals surface area contributed by atoms with Crippen molar-refractivity contribution in [1.82, 2.24) is 15.2 Å². The number of hydrogen-bond donors (Lipinski definition) is 1. The van der Waals surface area contributed by atoms with E-state index >= 15 is 0 Å². The Morgan fingerprint density at radius 1 is 1.00 bits per heavy atom. The molecule has 23 heavy (non-hydrogen) atoms. The van der Waals surface area contributed by atoms with Crippen LogP contribution in [-0.2, 0) is 5.41 Å². The van der Waals surface area contributed by atoms with Crippen LogP contribution in [0.1, 0.15) is 43.6 Å². The van der Waals surface area contributed by atoms with Crippen LogP contribution >= 0.6 is 0 Å².